The quantitative estimate of drug-likeness (QED) is 0.687. The molecule has 5 heteroatoms. The molecule has 0 aliphatic carbocycles. The number of carbonyl (C=O) groups is 1. The van der Waals surface area contributed by atoms with Crippen LogP contribution in [0.1, 0.15) is 10.4 Å². The third-order valence-electron chi connectivity index (χ3n) is 2.46. The van der Waals surface area contributed by atoms with Crippen LogP contribution in [0.25, 0.3) is 0 Å². The Morgan fingerprint density at radius 1 is 1.57 bits per heavy atom. The van der Waals surface area contributed by atoms with Gasteiger partial charge >= 0.3 is 0 Å². The van der Waals surface area contributed by atoms with Crippen molar-refractivity contribution in [3.8, 4) is 0 Å². The van der Waals surface area contributed by atoms with Gasteiger partial charge in [0.15, 0.2) is 0 Å². The molecule has 14 heavy (non-hydrogen) atoms. The maximum Gasteiger partial charge on any atom is 0.255 e. The molecular weight excluding hydrogens is 180 g/mol. The van der Waals surface area contributed by atoms with E-state index in [4.69, 9.17) is 0 Å². The van der Waals surface area contributed by atoms with Gasteiger partial charge in [0, 0.05) is 20.1 Å². The zero-order valence-corrected chi connectivity index (χ0v) is 7.97. The van der Waals surface area contributed by atoms with Gasteiger partial charge in [0.1, 0.15) is 0 Å². The molecule has 0 radical (unpaired) electrons. The summed E-state index contributed by atoms with van der Waals surface area (Å²) in [6, 6.07) is 1.99. The first-order chi connectivity index (χ1) is 6.79. The van der Waals surface area contributed by atoms with Gasteiger partial charge in [0.25, 0.3) is 5.91 Å². The second-order valence-corrected chi connectivity index (χ2v) is 3.36. The molecule has 1 amide bonds. The molecule has 1 N–H and O–H groups in total. The lowest BCUT2D eigenvalue weighted by molar-refractivity contribution is 0.0680. The minimum absolute atomic E-state index is 0.00593. The Morgan fingerprint density at radius 2 is 2.36 bits per heavy atom. The molecule has 2 heterocycles. The average Bonchev–Trinajstić information content (AvgIpc) is 2.15. The van der Waals surface area contributed by atoms with Crippen LogP contribution in [0.4, 0.5) is 0 Å². The molecule has 1 aromatic rings. The van der Waals surface area contributed by atoms with Crippen molar-refractivity contribution >= 4 is 5.91 Å². The van der Waals surface area contributed by atoms with Crippen molar-refractivity contribution in [1.29, 1.82) is 0 Å². The second-order valence-electron chi connectivity index (χ2n) is 3.36. The first kappa shape index (κ1) is 9.08. The molecule has 1 saturated heterocycles. The van der Waals surface area contributed by atoms with Gasteiger partial charge in [0.2, 0.25) is 0 Å². The summed E-state index contributed by atoms with van der Waals surface area (Å²) in [6.45, 7) is 1.75. The Bertz CT molecular complexity index is 323. The molecule has 0 bridgehead atoms. The molecule has 1 aliphatic heterocycles. The Balaban J connectivity index is 2.07. The maximum atomic E-state index is 11.8. The summed E-state index contributed by atoms with van der Waals surface area (Å²) in [4.78, 5) is 13.6. The minimum atomic E-state index is 0.00593. The van der Waals surface area contributed by atoms with E-state index in [0.29, 0.717) is 11.6 Å². The number of rotatable bonds is 2. The molecule has 74 valence electrons. The Hall–Kier alpha value is -1.49. The van der Waals surface area contributed by atoms with Crippen LogP contribution < -0.4 is 5.32 Å². The van der Waals surface area contributed by atoms with E-state index < -0.39 is 0 Å². The number of aromatic nitrogens is 2. The summed E-state index contributed by atoms with van der Waals surface area (Å²) in [5.41, 5.74) is 0.592. The molecule has 0 aromatic carbocycles. The van der Waals surface area contributed by atoms with E-state index in [0.717, 1.165) is 13.1 Å². The van der Waals surface area contributed by atoms with Gasteiger partial charge in [-0.2, -0.15) is 10.2 Å². The fourth-order valence-corrected chi connectivity index (χ4v) is 1.33. The van der Waals surface area contributed by atoms with Gasteiger partial charge in [-0.05, 0) is 6.07 Å². The lowest BCUT2D eigenvalue weighted by Gasteiger charge is -2.35. The SMILES string of the molecule is CN(C(=O)c1ccnnc1)C1CNC1. The molecule has 1 aliphatic rings. The zero-order chi connectivity index (χ0) is 9.97. The number of nitrogens with one attached hydrogen (secondary N) is 1. The van der Waals surface area contributed by atoms with Crippen LogP contribution in [0.15, 0.2) is 18.5 Å². The van der Waals surface area contributed by atoms with Crippen LogP contribution >= 0.6 is 0 Å². The van der Waals surface area contributed by atoms with E-state index >= 15 is 0 Å². The van der Waals surface area contributed by atoms with Crippen molar-refractivity contribution in [1.82, 2.24) is 20.4 Å². The molecule has 0 atom stereocenters. The lowest BCUT2D eigenvalue weighted by atomic mass is 10.1. The smallest absolute Gasteiger partial charge is 0.255 e. The van der Waals surface area contributed by atoms with E-state index in [2.05, 4.69) is 15.5 Å². The largest absolute Gasteiger partial charge is 0.336 e. The number of amides is 1. The topological polar surface area (TPSA) is 58.1 Å². The summed E-state index contributed by atoms with van der Waals surface area (Å²) in [7, 11) is 1.81. The normalized spacial score (nSPS) is 16.1. The van der Waals surface area contributed by atoms with E-state index in [1.807, 2.05) is 7.05 Å². The number of nitrogens with zero attached hydrogens (tertiary/aromatic N) is 3. The number of hydrogen-bond acceptors (Lipinski definition) is 4. The Kier molecular flexibility index (Phi) is 2.41. The first-order valence-corrected chi connectivity index (χ1v) is 4.53. The van der Waals surface area contributed by atoms with Crippen LogP contribution in [0.3, 0.4) is 0 Å². The van der Waals surface area contributed by atoms with Gasteiger partial charge in [-0.1, -0.05) is 0 Å². The van der Waals surface area contributed by atoms with Crippen molar-refractivity contribution in [2.45, 2.75) is 6.04 Å². The van der Waals surface area contributed by atoms with E-state index in [-0.39, 0.29) is 5.91 Å². The van der Waals surface area contributed by atoms with Crippen molar-refractivity contribution in [2.24, 2.45) is 0 Å². The second kappa shape index (κ2) is 3.71. The van der Waals surface area contributed by atoms with Crippen LogP contribution in [-0.2, 0) is 0 Å². The third kappa shape index (κ3) is 1.58. The van der Waals surface area contributed by atoms with Crippen molar-refractivity contribution in [3.05, 3.63) is 24.0 Å². The average molecular weight is 192 g/mol. The molecule has 0 unspecified atom stereocenters. The summed E-state index contributed by atoms with van der Waals surface area (Å²) >= 11 is 0. The Morgan fingerprint density at radius 3 is 2.86 bits per heavy atom. The van der Waals surface area contributed by atoms with Crippen LogP contribution in [0.5, 0.6) is 0 Å². The standard InChI is InChI=1S/C9H12N4O/c1-13(8-5-10-6-8)9(14)7-2-3-11-12-4-7/h2-4,8,10H,5-6H2,1H3. The molecule has 0 spiro atoms. The van der Waals surface area contributed by atoms with Gasteiger partial charge in [0.05, 0.1) is 24.0 Å². The predicted octanol–water partition coefficient (Wildman–Crippen LogP) is -0.480. The molecule has 1 aromatic heterocycles. The van der Waals surface area contributed by atoms with Crippen molar-refractivity contribution in [2.75, 3.05) is 20.1 Å². The lowest BCUT2D eigenvalue weighted by Crippen LogP contribution is -2.57. The van der Waals surface area contributed by atoms with Crippen LogP contribution in [0.2, 0.25) is 0 Å². The fourth-order valence-electron chi connectivity index (χ4n) is 1.33. The van der Waals surface area contributed by atoms with E-state index in [1.54, 1.807) is 11.0 Å². The van der Waals surface area contributed by atoms with E-state index in [9.17, 15) is 4.79 Å². The maximum absolute atomic E-state index is 11.8. The minimum Gasteiger partial charge on any atom is -0.336 e. The highest BCUT2D eigenvalue weighted by Gasteiger charge is 2.25. The summed E-state index contributed by atoms with van der Waals surface area (Å²) in [6.07, 6.45) is 3.02. The molecular formula is C9H12N4O. The Labute approximate surface area is 82.1 Å². The van der Waals surface area contributed by atoms with Gasteiger partial charge < -0.3 is 10.2 Å². The van der Waals surface area contributed by atoms with E-state index in [1.165, 1.54) is 12.4 Å². The highest BCUT2D eigenvalue weighted by atomic mass is 16.2. The highest BCUT2D eigenvalue weighted by Crippen LogP contribution is 2.07. The fraction of sp³-hybridized carbons (Fsp3) is 0.444. The first-order valence-electron chi connectivity index (χ1n) is 4.53. The monoisotopic (exact) mass is 192 g/mol. The third-order valence-corrected chi connectivity index (χ3v) is 2.46. The zero-order valence-electron chi connectivity index (χ0n) is 7.97. The van der Waals surface area contributed by atoms with Crippen molar-refractivity contribution in [3.63, 3.8) is 0 Å². The van der Waals surface area contributed by atoms with Crippen molar-refractivity contribution < 1.29 is 4.79 Å². The summed E-state index contributed by atoms with van der Waals surface area (Å²) in [5, 5.41) is 10.4. The molecule has 1 fully saturated rings. The summed E-state index contributed by atoms with van der Waals surface area (Å²) < 4.78 is 0. The highest BCUT2D eigenvalue weighted by molar-refractivity contribution is 5.93. The molecule has 5 nitrogen and oxygen atoms in total. The number of likely N-dealkylation sites (N-methyl/N-ethyl adjacent to an activating group) is 1. The van der Waals surface area contributed by atoms with Crippen LogP contribution in [-0.4, -0.2) is 47.2 Å². The summed E-state index contributed by atoms with van der Waals surface area (Å²) in [5.74, 6) is 0.00593. The predicted molar refractivity (Wildman–Crippen MR) is 50.8 cm³/mol. The van der Waals surface area contributed by atoms with Crippen LogP contribution in [0, 0.1) is 0 Å². The number of hydrogen-bond donors (Lipinski definition) is 1. The molecule has 0 saturated carbocycles. The van der Waals surface area contributed by atoms with Gasteiger partial charge in [-0.3, -0.25) is 4.79 Å². The van der Waals surface area contributed by atoms with Gasteiger partial charge in [-0.15, -0.1) is 0 Å². The molecule has 2 rings (SSSR count). The van der Waals surface area contributed by atoms with Gasteiger partial charge in [-0.25, -0.2) is 0 Å². The number of carbonyl (C=O) groups excluding carboxylic acids is 1.